The lowest BCUT2D eigenvalue weighted by Crippen LogP contribution is -2.74. The highest BCUT2D eigenvalue weighted by Gasteiger charge is 2.42. The molecule has 5 nitrogen and oxygen atoms in total. The SMILES string of the molecule is c1ccc([Si](c2ccccc2)(c2cccc(-c3ccc4c(c3)-n3c(nc5ccccc53)OC4)c2)c2cccc(-n3c4ccccc4c4cc(-n5c6ccccc6c6ccccc65)ccc43)c2)cc1. The monoisotopic (exact) mass is 886 g/mol. The second kappa shape index (κ2) is 15.2. The normalized spacial score (nSPS) is 12.5. The minimum absolute atomic E-state index is 0.488. The number of hydrogen-bond donors (Lipinski definition) is 0. The maximum atomic E-state index is 6.18. The summed E-state index contributed by atoms with van der Waals surface area (Å²) in [7, 11) is -3.00. The van der Waals surface area contributed by atoms with Gasteiger partial charge in [0.25, 0.3) is 0 Å². The molecule has 0 bridgehead atoms. The number of fused-ring (bicyclic) bond motifs is 11. The molecule has 0 saturated heterocycles. The molecule has 0 unspecified atom stereocenters. The van der Waals surface area contributed by atoms with Gasteiger partial charge in [0.05, 0.1) is 38.8 Å². The van der Waals surface area contributed by atoms with Crippen LogP contribution in [0.15, 0.2) is 243 Å². The van der Waals surface area contributed by atoms with E-state index < -0.39 is 8.07 Å². The zero-order valence-electron chi connectivity index (χ0n) is 37.0. The van der Waals surface area contributed by atoms with Crippen molar-refractivity contribution in [3.05, 3.63) is 248 Å². The molecule has 68 heavy (non-hydrogen) atoms. The summed E-state index contributed by atoms with van der Waals surface area (Å²) in [6, 6.07) is 90.3. The van der Waals surface area contributed by atoms with E-state index in [1.165, 1.54) is 69.9 Å². The summed E-state index contributed by atoms with van der Waals surface area (Å²) in [5, 5.41) is 10.3. The highest BCUT2D eigenvalue weighted by atomic mass is 28.3. The molecule has 0 N–H and O–H groups in total. The van der Waals surface area contributed by atoms with Crippen LogP contribution in [-0.2, 0) is 6.61 Å². The number of aromatic nitrogens is 4. The largest absolute Gasteiger partial charge is 0.459 e. The van der Waals surface area contributed by atoms with Crippen molar-refractivity contribution in [2.24, 2.45) is 0 Å². The molecule has 1 aliphatic heterocycles. The summed E-state index contributed by atoms with van der Waals surface area (Å²) in [6.07, 6.45) is 0. The number of nitrogens with zero attached hydrogens (tertiary/aromatic N) is 4. The zero-order chi connectivity index (χ0) is 44.8. The van der Waals surface area contributed by atoms with Crippen molar-refractivity contribution < 1.29 is 4.74 Å². The summed E-state index contributed by atoms with van der Waals surface area (Å²) >= 11 is 0. The smallest absolute Gasteiger partial charge is 0.302 e. The van der Waals surface area contributed by atoms with Gasteiger partial charge in [0.2, 0.25) is 0 Å². The standard InChI is InChI=1S/C62H42N4OSi/c1-3-19-47(20-4-1)68(48-21-5-2-6-22-48,49-23-15-17-42(37-49)43-33-34-44-41-67-62-63-55-28-10-14-32-60(55)66(62)61(44)38-43)50-24-16-18-45(39-50)64-58-31-13-9-27-53(58)54-40-46(35-36-59(54)64)65-56-29-11-7-25-51(56)52-26-8-12-30-57(52)65/h1-40H,41H2. The fourth-order valence-corrected chi connectivity index (χ4v) is 16.1. The van der Waals surface area contributed by atoms with Crippen molar-refractivity contribution >= 4 is 83.5 Å². The van der Waals surface area contributed by atoms with Crippen molar-refractivity contribution in [1.29, 1.82) is 0 Å². The second-order valence-corrected chi connectivity index (χ2v) is 21.7. The van der Waals surface area contributed by atoms with E-state index in [1.54, 1.807) is 0 Å². The first-order valence-corrected chi connectivity index (χ1v) is 25.3. The molecule has 3 aromatic heterocycles. The van der Waals surface area contributed by atoms with E-state index >= 15 is 0 Å². The molecule has 10 aromatic carbocycles. The zero-order valence-corrected chi connectivity index (χ0v) is 38.0. The Morgan fingerprint density at radius 1 is 0.353 bits per heavy atom. The molecular formula is C62H42N4OSi. The summed E-state index contributed by atoms with van der Waals surface area (Å²) in [5.41, 5.74) is 13.6. The third-order valence-corrected chi connectivity index (χ3v) is 19.0. The van der Waals surface area contributed by atoms with Crippen molar-refractivity contribution in [1.82, 2.24) is 18.7 Å². The van der Waals surface area contributed by atoms with E-state index in [-0.39, 0.29) is 0 Å². The molecule has 320 valence electrons. The third kappa shape index (κ3) is 5.71. The van der Waals surface area contributed by atoms with Gasteiger partial charge in [0.1, 0.15) is 6.61 Å². The summed E-state index contributed by atoms with van der Waals surface area (Å²) < 4.78 is 13.2. The van der Waals surface area contributed by atoms with Crippen LogP contribution in [0.25, 0.3) is 82.8 Å². The highest BCUT2D eigenvalue weighted by molar-refractivity contribution is 7.20. The minimum atomic E-state index is -3.00. The lowest BCUT2D eigenvalue weighted by atomic mass is 10.0. The first-order valence-electron chi connectivity index (χ1n) is 23.3. The topological polar surface area (TPSA) is 36.9 Å². The lowest BCUT2D eigenvalue weighted by Gasteiger charge is -2.35. The Bertz CT molecular complexity index is 4020. The van der Waals surface area contributed by atoms with Crippen LogP contribution < -0.4 is 25.5 Å². The van der Waals surface area contributed by atoms with Gasteiger partial charge in [-0.1, -0.05) is 176 Å². The first kappa shape index (κ1) is 38.5. The molecule has 13 aromatic rings. The van der Waals surface area contributed by atoms with E-state index in [2.05, 4.69) is 250 Å². The summed E-state index contributed by atoms with van der Waals surface area (Å²) in [6.45, 7) is 0.488. The van der Waals surface area contributed by atoms with Crippen LogP contribution in [0.2, 0.25) is 0 Å². The van der Waals surface area contributed by atoms with Crippen molar-refractivity contribution in [2.45, 2.75) is 6.61 Å². The fourth-order valence-electron chi connectivity index (χ4n) is 11.3. The Morgan fingerprint density at radius 2 is 0.868 bits per heavy atom. The van der Waals surface area contributed by atoms with Gasteiger partial charge in [0.15, 0.2) is 8.07 Å². The molecule has 14 rings (SSSR count). The van der Waals surface area contributed by atoms with Gasteiger partial charge >= 0.3 is 6.01 Å². The molecule has 1 aliphatic rings. The Kier molecular flexibility index (Phi) is 8.60. The van der Waals surface area contributed by atoms with Gasteiger partial charge in [-0.15, -0.1) is 0 Å². The van der Waals surface area contributed by atoms with Crippen molar-refractivity contribution in [2.75, 3.05) is 0 Å². The minimum Gasteiger partial charge on any atom is -0.459 e. The quantitative estimate of drug-likeness (QED) is 0.118. The molecule has 0 atom stereocenters. The van der Waals surface area contributed by atoms with Gasteiger partial charge in [-0.05, 0) is 98.6 Å². The Labute approximate surface area is 394 Å². The molecule has 0 spiro atoms. The Hall–Kier alpha value is -8.71. The Balaban J connectivity index is 0.968. The molecule has 0 fully saturated rings. The predicted octanol–water partition coefficient (Wildman–Crippen LogP) is 12.2. The van der Waals surface area contributed by atoms with Gasteiger partial charge < -0.3 is 13.9 Å². The van der Waals surface area contributed by atoms with Gasteiger partial charge in [-0.25, -0.2) is 0 Å². The molecule has 0 amide bonds. The van der Waals surface area contributed by atoms with Crippen molar-refractivity contribution in [3.63, 3.8) is 0 Å². The van der Waals surface area contributed by atoms with Crippen LogP contribution in [0.1, 0.15) is 5.56 Å². The van der Waals surface area contributed by atoms with E-state index in [4.69, 9.17) is 9.72 Å². The van der Waals surface area contributed by atoms with Crippen LogP contribution in [0.5, 0.6) is 6.01 Å². The lowest BCUT2D eigenvalue weighted by molar-refractivity contribution is 0.266. The van der Waals surface area contributed by atoms with Crippen LogP contribution in [-0.4, -0.2) is 26.8 Å². The maximum absolute atomic E-state index is 6.18. The fraction of sp³-hybridized carbons (Fsp3) is 0.0161. The van der Waals surface area contributed by atoms with Gasteiger partial charge in [-0.3, -0.25) is 4.57 Å². The van der Waals surface area contributed by atoms with E-state index in [0.29, 0.717) is 12.6 Å². The maximum Gasteiger partial charge on any atom is 0.302 e. The van der Waals surface area contributed by atoms with E-state index in [0.717, 1.165) is 39.2 Å². The van der Waals surface area contributed by atoms with Crippen LogP contribution >= 0.6 is 0 Å². The van der Waals surface area contributed by atoms with Crippen LogP contribution in [0.4, 0.5) is 0 Å². The molecule has 0 saturated carbocycles. The first-order chi connectivity index (χ1) is 33.7. The molecule has 0 aliphatic carbocycles. The number of imidazole rings is 1. The average Bonchev–Trinajstić information content (AvgIpc) is 4.07. The molecule has 6 heteroatoms. The summed E-state index contributed by atoms with van der Waals surface area (Å²) in [4.78, 5) is 4.84. The molecular weight excluding hydrogens is 845 g/mol. The van der Waals surface area contributed by atoms with Crippen LogP contribution in [0.3, 0.4) is 0 Å². The average molecular weight is 887 g/mol. The number of ether oxygens (including phenoxy) is 1. The van der Waals surface area contributed by atoms with E-state index in [1.807, 2.05) is 6.07 Å². The van der Waals surface area contributed by atoms with Crippen molar-refractivity contribution in [3.8, 4) is 34.2 Å². The predicted molar refractivity (Wildman–Crippen MR) is 283 cm³/mol. The Morgan fingerprint density at radius 3 is 1.54 bits per heavy atom. The van der Waals surface area contributed by atoms with Gasteiger partial charge in [0, 0.05) is 38.5 Å². The van der Waals surface area contributed by atoms with Gasteiger partial charge in [-0.2, -0.15) is 4.98 Å². The summed E-state index contributed by atoms with van der Waals surface area (Å²) in [5.74, 6) is 0. The third-order valence-electron chi connectivity index (χ3n) is 14.3. The number of benzene rings is 10. The number of hydrogen-bond acceptors (Lipinski definition) is 2. The molecule has 0 radical (unpaired) electrons. The highest BCUT2D eigenvalue weighted by Crippen LogP contribution is 2.38. The second-order valence-electron chi connectivity index (χ2n) is 17.9. The number of para-hydroxylation sites is 5. The number of rotatable bonds is 7. The molecule has 4 heterocycles. The van der Waals surface area contributed by atoms with E-state index in [9.17, 15) is 0 Å². The van der Waals surface area contributed by atoms with Crippen LogP contribution in [0, 0.1) is 0 Å².